The lowest BCUT2D eigenvalue weighted by Gasteiger charge is -2.05. The van der Waals surface area contributed by atoms with Crippen LogP contribution in [0.3, 0.4) is 0 Å². The van der Waals surface area contributed by atoms with Crippen molar-refractivity contribution >= 4 is 17.6 Å². The summed E-state index contributed by atoms with van der Waals surface area (Å²) >= 11 is 0. The Balaban J connectivity index is 2.03. The van der Waals surface area contributed by atoms with Gasteiger partial charge in [-0.1, -0.05) is 0 Å². The van der Waals surface area contributed by atoms with E-state index in [0.29, 0.717) is 11.6 Å². The summed E-state index contributed by atoms with van der Waals surface area (Å²) < 4.78 is 1.44. The van der Waals surface area contributed by atoms with Gasteiger partial charge in [0.1, 0.15) is 24.8 Å². The summed E-state index contributed by atoms with van der Waals surface area (Å²) in [6.07, 6.45) is 4.15. The summed E-state index contributed by atoms with van der Waals surface area (Å²) in [5.74, 6) is 0.137. The van der Waals surface area contributed by atoms with Crippen molar-refractivity contribution in [2.75, 3.05) is 11.9 Å². The molecule has 2 amide bonds. The van der Waals surface area contributed by atoms with E-state index in [1.54, 1.807) is 6.07 Å². The average molecular weight is 261 g/mol. The van der Waals surface area contributed by atoms with Gasteiger partial charge in [-0.2, -0.15) is 5.10 Å². The Kier molecular flexibility index (Phi) is 3.76. The summed E-state index contributed by atoms with van der Waals surface area (Å²) in [6.45, 7) is 1.22. The predicted octanol–water partition coefficient (Wildman–Crippen LogP) is -0.868. The van der Waals surface area contributed by atoms with Crippen LogP contribution in [0, 0.1) is 0 Å². The molecule has 0 bridgehead atoms. The van der Waals surface area contributed by atoms with E-state index < -0.39 is 0 Å². The second-order valence-corrected chi connectivity index (χ2v) is 3.56. The second-order valence-electron chi connectivity index (χ2n) is 3.56. The van der Waals surface area contributed by atoms with Gasteiger partial charge in [-0.05, 0) is 0 Å². The molecule has 0 aliphatic rings. The second kappa shape index (κ2) is 5.67. The first kappa shape index (κ1) is 12.6. The van der Waals surface area contributed by atoms with Crippen LogP contribution >= 0.6 is 0 Å². The van der Waals surface area contributed by atoms with Crippen LogP contribution in [0.15, 0.2) is 25.0 Å². The molecule has 9 heteroatoms. The number of amides is 2. The van der Waals surface area contributed by atoms with Crippen LogP contribution in [0.25, 0.3) is 5.82 Å². The van der Waals surface area contributed by atoms with Gasteiger partial charge in [0.2, 0.25) is 11.8 Å². The Morgan fingerprint density at radius 1 is 1.32 bits per heavy atom. The highest BCUT2D eigenvalue weighted by Gasteiger charge is 2.06. The van der Waals surface area contributed by atoms with Gasteiger partial charge in [0.05, 0.1) is 6.54 Å². The molecule has 0 aliphatic carbocycles. The monoisotopic (exact) mass is 261 g/mol. The molecule has 0 radical (unpaired) electrons. The van der Waals surface area contributed by atoms with Gasteiger partial charge in [-0.15, -0.1) is 0 Å². The van der Waals surface area contributed by atoms with Crippen LogP contribution in [0.5, 0.6) is 0 Å². The zero-order valence-electron chi connectivity index (χ0n) is 10.1. The normalized spacial score (nSPS) is 9.95. The van der Waals surface area contributed by atoms with Crippen molar-refractivity contribution in [1.29, 1.82) is 0 Å². The molecule has 2 N–H and O–H groups in total. The Morgan fingerprint density at radius 3 is 2.84 bits per heavy atom. The molecule has 2 heterocycles. The van der Waals surface area contributed by atoms with E-state index in [4.69, 9.17) is 0 Å². The molecule has 0 atom stereocenters. The number of rotatable bonds is 4. The molecule has 2 aromatic heterocycles. The average Bonchev–Trinajstić information content (AvgIpc) is 2.90. The Labute approximate surface area is 108 Å². The maximum absolute atomic E-state index is 11.5. The predicted molar refractivity (Wildman–Crippen MR) is 64.3 cm³/mol. The molecule has 0 aromatic carbocycles. The maximum atomic E-state index is 11.5. The maximum Gasteiger partial charge on any atom is 0.244 e. The number of nitrogens with zero attached hydrogens (tertiary/aromatic N) is 5. The molecular weight excluding hydrogens is 250 g/mol. The van der Waals surface area contributed by atoms with E-state index in [1.165, 1.54) is 30.6 Å². The van der Waals surface area contributed by atoms with E-state index in [0.717, 1.165) is 0 Å². The smallest absolute Gasteiger partial charge is 0.244 e. The fourth-order valence-electron chi connectivity index (χ4n) is 1.26. The third-order valence-corrected chi connectivity index (χ3v) is 2.07. The number of nitrogens with one attached hydrogen (secondary N) is 2. The lowest BCUT2D eigenvalue weighted by atomic mass is 10.5. The Morgan fingerprint density at radius 2 is 2.16 bits per heavy atom. The van der Waals surface area contributed by atoms with E-state index in [9.17, 15) is 9.59 Å². The summed E-state index contributed by atoms with van der Waals surface area (Å²) in [5, 5.41) is 8.83. The summed E-state index contributed by atoms with van der Waals surface area (Å²) in [6, 6.07) is 1.54. The van der Waals surface area contributed by atoms with Crippen LogP contribution < -0.4 is 10.6 Å². The molecule has 0 fully saturated rings. The zero-order valence-corrected chi connectivity index (χ0v) is 10.1. The standard InChI is InChI=1S/C10H11N7O2/c1-7(18)12-3-10(19)16-8-2-9(14-5-13-8)17-6-11-4-15-17/h2,4-6H,3H2,1H3,(H,12,18)(H,13,14,16,19). The Bertz CT molecular complexity index is 581. The fraction of sp³-hybridized carbons (Fsp3) is 0.200. The number of aromatic nitrogens is 5. The minimum absolute atomic E-state index is 0.113. The van der Waals surface area contributed by atoms with Gasteiger partial charge in [0.25, 0.3) is 0 Å². The molecule has 0 aliphatic heterocycles. The number of hydrogen-bond donors (Lipinski definition) is 2. The molecule has 2 aromatic rings. The van der Waals surface area contributed by atoms with Crippen molar-refractivity contribution in [1.82, 2.24) is 30.0 Å². The van der Waals surface area contributed by atoms with E-state index >= 15 is 0 Å². The number of carbonyl (C=O) groups excluding carboxylic acids is 2. The number of carbonyl (C=O) groups is 2. The van der Waals surface area contributed by atoms with Crippen molar-refractivity contribution in [3.63, 3.8) is 0 Å². The molecule has 0 unspecified atom stereocenters. The minimum atomic E-state index is -0.376. The van der Waals surface area contributed by atoms with Gasteiger partial charge in [-0.3, -0.25) is 9.59 Å². The molecule has 0 saturated carbocycles. The molecule has 19 heavy (non-hydrogen) atoms. The van der Waals surface area contributed by atoms with Crippen molar-refractivity contribution in [2.24, 2.45) is 0 Å². The summed E-state index contributed by atoms with van der Waals surface area (Å²) in [7, 11) is 0. The van der Waals surface area contributed by atoms with Gasteiger partial charge in [0.15, 0.2) is 5.82 Å². The Hall–Kier alpha value is -2.84. The lowest BCUT2D eigenvalue weighted by molar-refractivity contribution is -0.122. The van der Waals surface area contributed by atoms with Crippen LogP contribution in [0.2, 0.25) is 0 Å². The lowest BCUT2D eigenvalue weighted by Crippen LogP contribution is -2.31. The van der Waals surface area contributed by atoms with E-state index in [2.05, 4.69) is 30.7 Å². The van der Waals surface area contributed by atoms with Crippen LogP contribution in [0.1, 0.15) is 6.92 Å². The summed E-state index contributed by atoms with van der Waals surface area (Å²) in [5.41, 5.74) is 0. The molecular formula is C10H11N7O2. The third kappa shape index (κ3) is 3.56. The van der Waals surface area contributed by atoms with Crippen LogP contribution in [0.4, 0.5) is 5.82 Å². The molecule has 0 spiro atoms. The third-order valence-electron chi connectivity index (χ3n) is 2.07. The molecule has 9 nitrogen and oxygen atoms in total. The molecule has 98 valence electrons. The highest BCUT2D eigenvalue weighted by Crippen LogP contribution is 2.06. The van der Waals surface area contributed by atoms with Crippen molar-refractivity contribution in [3.05, 3.63) is 25.0 Å². The van der Waals surface area contributed by atoms with Crippen LogP contribution in [-0.2, 0) is 9.59 Å². The van der Waals surface area contributed by atoms with E-state index in [1.807, 2.05) is 0 Å². The van der Waals surface area contributed by atoms with Gasteiger partial charge in [-0.25, -0.2) is 19.6 Å². The quantitative estimate of drug-likeness (QED) is 0.739. The highest BCUT2D eigenvalue weighted by atomic mass is 16.2. The highest BCUT2D eigenvalue weighted by molar-refractivity contribution is 5.93. The van der Waals surface area contributed by atoms with Gasteiger partial charge >= 0.3 is 0 Å². The van der Waals surface area contributed by atoms with Crippen molar-refractivity contribution in [2.45, 2.75) is 6.92 Å². The SMILES string of the molecule is CC(=O)NCC(=O)Nc1cc(-n2cncn2)ncn1. The molecule has 0 saturated heterocycles. The minimum Gasteiger partial charge on any atom is -0.347 e. The van der Waals surface area contributed by atoms with Crippen molar-refractivity contribution < 1.29 is 9.59 Å². The van der Waals surface area contributed by atoms with Crippen molar-refractivity contribution in [3.8, 4) is 5.82 Å². The van der Waals surface area contributed by atoms with Crippen LogP contribution in [-0.4, -0.2) is 43.1 Å². The molecule has 2 rings (SSSR count). The fourth-order valence-corrected chi connectivity index (χ4v) is 1.26. The first-order valence-corrected chi connectivity index (χ1v) is 5.36. The topological polar surface area (TPSA) is 115 Å². The van der Waals surface area contributed by atoms with E-state index in [-0.39, 0.29) is 18.4 Å². The largest absolute Gasteiger partial charge is 0.347 e. The zero-order chi connectivity index (χ0) is 13.7. The summed E-state index contributed by atoms with van der Waals surface area (Å²) in [4.78, 5) is 33.9. The van der Waals surface area contributed by atoms with Gasteiger partial charge < -0.3 is 10.6 Å². The number of hydrogen-bond acceptors (Lipinski definition) is 6. The first-order valence-electron chi connectivity index (χ1n) is 5.36. The number of anilines is 1. The van der Waals surface area contributed by atoms with Gasteiger partial charge in [0, 0.05) is 13.0 Å². The first-order chi connectivity index (χ1) is 9.15.